The Hall–Kier alpha value is -1.51. The minimum Gasteiger partial charge on any atom is -0.493 e. The third-order valence-electron chi connectivity index (χ3n) is 3.09. The molecule has 0 saturated heterocycles. The minimum atomic E-state index is -0.492. The van der Waals surface area contributed by atoms with Gasteiger partial charge in [0.1, 0.15) is 0 Å². The van der Waals surface area contributed by atoms with E-state index in [1.54, 1.807) is 24.3 Å². The van der Waals surface area contributed by atoms with Crippen LogP contribution in [0.4, 0.5) is 5.69 Å². The van der Waals surface area contributed by atoms with E-state index < -0.39 is 5.91 Å². The first kappa shape index (κ1) is 16.4. The molecule has 116 valence electrons. The number of benzene rings is 2. The summed E-state index contributed by atoms with van der Waals surface area (Å²) in [6, 6.07) is 10.5. The van der Waals surface area contributed by atoms with Gasteiger partial charge in [0.2, 0.25) is 5.88 Å². The van der Waals surface area contributed by atoms with E-state index in [1.165, 1.54) is 0 Å². The molecule has 3 rings (SSSR count). The molecule has 0 atom stereocenters. The van der Waals surface area contributed by atoms with Gasteiger partial charge in [-0.25, -0.2) is 0 Å². The zero-order valence-corrected chi connectivity index (χ0v) is 16.1. The Morgan fingerprint density at radius 2 is 1.87 bits per heavy atom. The second-order valence-corrected chi connectivity index (χ2v) is 7.33. The highest BCUT2D eigenvalue weighted by Gasteiger charge is 2.14. The lowest BCUT2D eigenvalue weighted by Gasteiger charge is -1.97. The first-order valence-electron chi connectivity index (χ1n) is 6.37. The van der Waals surface area contributed by atoms with Gasteiger partial charge in [-0.15, -0.1) is 10.2 Å². The van der Waals surface area contributed by atoms with Gasteiger partial charge < -0.3 is 10.1 Å². The van der Waals surface area contributed by atoms with Gasteiger partial charge in [-0.2, -0.15) is 0 Å². The molecule has 23 heavy (non-hydrogen) atoms. The Balaban J connectivity index is 2.01. The molecular formula is C15H8Br3N3O2. The molecule has 5 nitrogen and oxygen atoms in total. The van der Waals surface area contributed by atoms with Crippen molar-refractivity contribution in [2.45, 2.75) is 0 Å². The standard InChI is InChI=1S/C15H8Br3N3O2/c16-8-3-1-2-7(4-8)14(22)21-20-13-10-5-9(17)6-11(18)12(10)19-15(13)23/h1-6,19,23H. The molecule has 1 amide bonds. The number of H-pyrrole nitrogens is 1. The quantitative estimate of drug-likeness (QED) is 0.417. The smallest absolute Gasteiger partial charge is 0.295 e. The molecule has 0 saturated carbocycles. The van der Waals surface area contributed by atoms with Crippen molar-refractivity contribution in [2.75, 3.05) is 0 Å². The van der Waals surface area contributed by atoms with Gasteiger partial charge in [0, 0.05) is 24.4 Å². The van der Waals surface area contributed by atoms with Gasteiger partial charge in [0.05, 0.1) is 5.52 Å². The molecule has 8 heteroatoms. The lowest BCUT2D eigenvalue weighted by atomic mass is 10.2. The number of hydrogen-bond acceptors (Lipinski definition) is 3. The number of fused-ring (bicyclic) bond motifs is 1. The second-order valence-electron chi connectivity index (χ2n) is 4.65. The Morgan fingerprint density at radius 1 is 1.09 bits per heavy atom. The van der Waals surface area contributed by atoms with Crippen LogP contribution < -0.4 is 0 Å². The van der Waals surface area contributed by atoms with Crippen molar-refractivity contribution in [3.05, 3.63) is 55.4 Å². The number of rotatable bonds is 2. The van der Waals surface area contributed by atoms with Crippen LogP contribution in [0.15, 0.2) is 60.0 Å². The van der Waals surface area contributed by atoms with Crippen molar-refractivity contribution in [3.8, 4) is 5.88 Å². The maximum Gasteiger partial charge on any atom is 0.295 e. The van der Waals surface area contributed by atoms with Crippen LogP contribution in [0.1, 0.15) is 10.4 Å². The number of carbonyl (C=O) groups is 1. The normalized spacial score (nSPS) is 11.4. The number of aromatic amines is 1. The van der Waals surface area contributed by atoms with Gasteiger partial charge in [-0.05, 0) is 46.3 Å². The van der Waals surface area contributed by atoms with E-state index in [1.807, 2.05) is 12.1 Å². The van der Waals surface area contributed by atoms with Crippen molar-refractivity contribution < 1.29 is 9.90 Å². The van der Waals surface area contributed by atoms with Crippen LogP contribution in [-0.4, -0.2) is 16.0 Å². The number of carbonyl (C=O) groups excluding carboxylic acids is 1. The summed E-state index contributed by atoms with van der Waals surface area (Å²) in [5.41, 5.74) is 1.30. The molecule has 1 heterocycles. The largest absolute Gasteiger partial charge is 0.493 e. The molecular weight excluding hydrogens is 494 g/mol. The van der Waals surface area contributed by atoms with Crippen LogP contribution in [-0.2, 0) is 0 Å². The number of nitrogens with one attached hydrogen (secondary N) is 1. The molecule has 1 aromatic heterocycles. The highest BCUT2D eigenvalue weighted by atomic mass is 79.9. The number of amides is 1. The summed E-state index contributed by atoms with van der Waals surface area (Å²) in [6.45, 7) is 0. The monoisotopic (exact) mass is 499 g/mol. The first-order valence-corrected chi connectivity index (χ1v) is 8.75. The topological polar surface area (TPSA) is 77.8 Å². The Morgan fingerprint density at radius 3 is 2.61 bits per heavy atom. The maximum absolute atomic E-state index is 12.1. The summed E-state index contributed by atoms with van der Waals surface area (Å²) < 4.78 is 2.35. The number of aromatic nitrogens is 1. The summed E-state index contributed by atoms with van der Waals surface area (Å²) in [5, 5.41) is 18.3. The van der Waals surface area contributed by atoms with Gasteiger partial charge in [0.15, 0.2) is 5.69 Å². The highest BCUT2D eigenvalue weighted by Crippen LogP contribution is 2.40. The first-order chi connectivity index (χ1) is 11.0. The van der Waals surface area contributed by atoms with Gasteiger partial charge in [-0.3, -0.25) is 4.79 Å². The van der Waals surface area contributed by atoms with E-state index in [9.17, 15) is 9.90 Å². The summed E-state index contributed by atoms with van der Waals surface area (Å²) >= 11 is 10.1. The van der Waals surface area contributed by atoms with Gasteiger partial charge >= 0.3 is 0 Å². The zero-order valence-electron chi connectivity index (χ0n) is 11.3. The molecule has 3 aromatic rings. The van der Waals surface area contributed by atoms with E-state index in [0.29, 0.717) is 16.5 Å². The Labute approximate surface area is 156 Å². The van der Waals surface area contributed by atoms with Crippen LogP contribution in [0.3, 0.4) is 0 Å². The number of nitrogens with zero attached hydrogens (tertiary/aromatic N) is 2. The molecule has 0 unspecified atom stereocenters. The highest BCUT2D eigenvalue weighted by molar-refractivity contribution is 9.11. The third-order valence-corrected chi connectivity index (χ3v) is 4.67. The molecule has 2 aromatic carbocycles. The van der Waals surface area contributed by atoms with Crippen LogP contribution in [0, 0.1) is 0 Å². The van der Waals surface area contributed by atoms with Crippen molar-refractivity contribution >= 4 is 70.3 Å². The number of aromatic hydroxyl groups is 1. The molecule has 0 aliphatic rings. The number of halogens is 3. The van der Waals surface area contributed by atoms with E-state index in [-0.39, 0.29) is 11.6 Å². The zero-order chi connectivity index (χ0) is 16.6. The van der Waals surface area contributed by atoms with Crippen molar-refractivity contribution in [1.82, 2.24) is 4.98 Å². The Kier molecular flexibility index (Phi) is 4.65. The summed E-state index contributed by atoms with van der Waals surface area (Å²) in [6.07, 6.45) is 0. The molecule has 0 radical (unpaired) electrons. The van der Waals surface area contributed by atoms with E-state index >= 15 is 0 Å². The fourth-order valence-electron chi connectivity index (χ4n) is 2.07. The van der Waals surface area contributed by atoms with E-state index in [4.69, 9.17) is 0 Å². The predicted octanol–water partition coefficient (Wildman–Crippen LogP) is 6.09. The van der Waals surface area contributed by atoms with Crippen molar-refractivity contribution in [1.29, 1.82) is 0 Å². The SMILES string of the molecule is O=C(N=Nc1c(O)[nH]c2c(Br)cc(Br)cc12)c1cccc(Br)c1. The van der Waals surface area contributed by atoms with Crippen LogP contribution >= 0.6 is 47.8 Å². The molecule has 2 N–H and O–H groups in total. The predicted molar refractivity (Wildman–Crippen MR) is 98.4 cm³/mol. The van der Waals surface area contributed by atoms with Crippen molar-refractivity contribution in [2.24, 2.45) is 10.2 Å². The number of azo groups is 1. The average Bonchev–Trinajstić information content (AvgIpc) is 2.81. The molecule has 0 aliphatic heterocycles. The molecule has 0 aliphatic carbocycles. The molecule has 0 fully saturated rings. The minimum absolute atomic E-state index is 0.149. The van der Waals surface area contributed by atoms with Crippen LogP contribution in [0.25, 0.3) is 10.9 Å². The van der Waals surface area contributed by atoms with Gasteiger partial charge in [-0.1, -0.05) is 37.9 Å². The summed E-state index contributed by atoms with van der Waals surface area (Å²) in [5.74, 6) is -0.640. The lowest BCUT2D eigenvalue weighted by molar-refractivity contribution is 0.0995. The summed E-state index contributed by atoms with van der Waals surface area (Å²) in [7, 11) is 0. The second kappa shape index (κ2) is 6.54. The molecule has 0 bridgehead atoms. The third kappa shape index (κ3) is 3.39. The summed E-state index contributed by atoms with van der Waals surface area (Å²) in [4.78, 5) is 14.9. The fourth-order valence-corrected chi connectivity index (χ4v) is 3.79. The maximum atomic E-state index is 12.1. The van der Waals surface area contributed by atoms with Crippen molar-refractivity contribution in [3.63, 3.8) is 0 Å². The van der Waals surface area contributed by atoms with Crippen LogP contribution in [0.2, 0.25) is 0 Å². The number of hydrogen-bond donors (Lipinski definition) is 2. The van der Waals surface area contributed by atoms with E-state index in [2.05, 4.69) is 63.0 Å². The van der Waals surface area contributed by atoms with Crippen LogP contribution in [0.5, 0.6) is 5.88 Å². The van der Waals surface area contributed by atoms with E-state index in [0.717, 1.165) is 13.4 Å². The lowest BCUT2D eigenvalue weighted by Crippen LogP contribution is -1.92. The molecule has 0 spiro atoms. The fraction of sp³-hybridized carbons (Fsp3) is 0. The Bertz CT molecular complexity index is 951. The van der Waals surface area contributed by atoms with Gasteiger partial charge in [0.25, 0.3) is 5.91 Å². The average molecular weight is 502 g/mol.